The summed E-state index contributed by atoms with van der Waals surface area (Å²) in [4.78, 5) is 2.26. The SMILES string of the molecule is O=S(=O)(CCN1CCCCC1)N1C=CSC1. The molecule has 2 aliphatic rings. The number of hydrogen-bond acceptors (Lipinski definition) is 4. The second-order valence-corrected chi connectivity index (χ2v) is 7.09. The molecule has 2 heterocycles. The summed E-state index contributed by atoms with van der Waals surface area (Å²) in [6, 6.07) is 0. The van der Waals surface area contributed by atoms with E-state index in [-0.39, 0.29) is 5.75 Å². The summed E-state index contributed by atoms with van der Waals surface area (Å²) in [7, 11) is -3.08. The molecule has 0 aliphatic carbocycles. The zero-order valence-corrected chi connectivity index (χ0v) is 11.0. The highest BCUT2D eigenvalue weighted by atomic mass is 32.2. The Labute approximate surface area is 102 Å². The fraction of sp³-hybridized carbons (Fsp3) is 0.800. The normalized spacial score (nSPS) is 22.9. The predicted octanol–water partition coefficient (Wildman–Crippen LogP) is 1.28. The highest BCUT2D eigenvalue weighted by Crippen LogP contribution is 2.19. The molecule has 0 radical (unpaired) electrons. The van der Waals surface area contributed by atoms with Crippen molar-refractivity contribution in [2.24, 2.45) is 0 Å². The number of rotatable bonds is 4. The molecule has 16 heavy (non-hydrogen) atoms. The first kappa shape index (κ1) is 12.3. The van der Waals surface area contributed by atoms with Gasteiger partial charge in [-0.3, -0.25) is 4.31 Å². The lowest BCUT2D eigenvalue weighted by atomic mass is 10.1. The van der Waals surface area contributed by atoms with Crippen molar-refractivity contribution < 1.29 is 8.42 Å². The van der Waals surface area contributed by atoms with Crippen molar-refractivity contribution in [3.05, 3.63) is 11.6 Å². The van der Waals surface area contributed by atoms with Gasteiger partial charge in [-0.25, -0.2) is 8.42 Å². The van der Waals surface area contributed by atoms with Crippen molar-refractivity contribution in [2.75, 3.05) is 31.3 Å². The van der Waals surface area contributed by atoms with Crippen molar-refractivity contribution in [2.45, 2.75) is 19.3 Å². The van der Waals surface area contributed by atoms with Gasteiger partial charge in [0.15, 0.2) is 0 Å². The lowest BCUT2D eigenvalue weighted by Gasteiger charge is -2.27. The third kappa shape index (κ3) is 3.15. The molecule has 0 N–H and O–H groups in total. The maximum absolute atomic E-state index is 11.9. The molecule has 2 aliphatic heterocycles. The van der Waals surface area contributed by atoms with Crippen LogP contribution in [0, 0.1) is 0 Å². The average molecular weight is 262 g/mol. The van der Waals surface area contributed by atoms with Crippen LogP contribution in [0.25, 0.3) is 0 Å². The highest BCUT2D eigenvalue weighted by molar-refractivity contribution is 8.03. The zero-order chi connectivity index (χ0) is 11.4. The first-order valence-electron chi connectivity index (χ1n) is 5.69. The second kappa shape index (κ2) is 5.42. The third-order valence-corrected chi connectivity index (χ3v) is 5.57. The van der Waals surface area contributed by atoms with Gasteiger partial charge in [0, 0.05) is 12.7 Å². The summed E-state index contributed by atoms with van der Waals surface area (Å²) < 4.78 is 25.3. The minimum atomic E-state index is -3.08. The van der Waals surface area contributed by atoms with E-state index in [0.717, 1.165) is 13.1 Å². The molecule has 0 spiro atoms. The molecule has 4 nitrogen and oxygen atoms in total. The van der Waals surface area contributed by atoms with Crippen LogP contribution >= 0.6 is 11.8 Å². The van der Waals surface area contributed by atoms with Crippen LogP contribution in [0.5, 0.6) is 0 Å². The van der Waals surface area contributed by atoms with Gasteiger partial charge in [-0.2, -0.15) is 0 Å². The van der Waals surface area contributed by atoms with E-state index < -0.39 is 10.0 Å². The smallest absolute Gasteiger partial charge is 0.236 e. The summed E-state index contributed by atoms with van der Waals surface area (Å²) in [6.45, 7) is 2.79. The van der Waals surface area contributed by atoms with Crippen molar-refractivity contribution >= 4 is 21.8 Å². The lowest BCUT2D eigenvalue weighted by molar-refractivity contribution is 0.240. The van der Waals surface area contributed by atoms with E-state index in [0.29, 0.717) is 12.4 Å². The molecule has 0 aromatic rings. The minimum Gasteiger partial charge on any atom is -0.302 e. The number of hydrogen-bond donors (Lipinski definition) is 0. The number of thioether (sulfide) groups is 1. The largest absolute Gasteiger partial charge is 0.302 e. The molecule has 0 atom stereocenters. The summed E-state index contributed by atoms with van der Waals surface area (Å²) in [5.41, 5.74) is 0. The Morgan fingerprint density at radius 1 is 1.19 bits per heavy atom. The molecule has 0 bridgehead atoms. The molecule has 0 unspecified atom stereocenters. The molecule has 0 aromatic carbocycles. The number of likely N-dealkylation sites (tertiary alicyclic amines) is 1. The van der Waals surface area contributed by atoms with Crippen molar-refractivity contribution in [1.29, 1.82) is 0 Å². The van der Waals surface area contributed by atoms with Gasteiger partial charge in [0.2, 0.25) is 10.0 Å². The van der Waals surface area contributed by atoms with Gasteiger partial charge in [-0.1, -0.05) is 6.42 Å². The molecule has 6 heteroatoms. The standard InChI is InChI=1S/C10H18N2O2S2/c13-16(14,12-6-8-15-10-12)9-7-11-4-2-1-3-5-11/h6,8H,1-5,7,9-10H2. The van der Waals surface area contributed by atoms with Gasteiger partial charge in [0.1, 0.15) is 0 Å². The maximum Gasteiger partial charge on any atom is 0.236 e. The van der Waals surface area contributed by atoms with Gasteiger partial charge in [-0.05, 0) is 31.3 Å². The average Bonchev–Trinajstić information content (AvgIpc) is 2.82. The predicted molar refractivity (Wildman–Crippen MR) is 67.5 cm³/mol. The van der Waals surface area contributed by atoms with Crippen LogP contribution < -0.4 is 0 Å². The van der Waals surface area contributed by atoms with E-state index in [1.807, 2.05) is 5.41 Å². The van der Waals surface area contributed by atoms with Crippen LogP contribution in [0.4, 0.5) is 0 Å². The molecule has 0 amide bonds. The first-order chi connectivity index (χ1) is 7.68. The number of nitrogens with zero attached hydrogens (tertiary/aromatic N) is 2. The van der Waals surface area contributed by atoms with Gasteiger partial charge in [-0.15, -0.1) is 11.8 Å². The minimum absolute atomic E-state index is 0.248. The first-order valence-corrected chi connectivity index (χ1v) is 8.34. The summed E-state index contributed by atoms with van der Waals surface area (Å²) in [6.07, 6.45) is 5.37. The van der Waals surface area contributed by atoms with Crippen LogP contribution in [0.3, 0.4) is 0 Å². The van der Waals surface area contributed by atoms with Gasteiger partial charge in [0.25, 0.3) is 0 Å². The summed E-state index contributed by atoms with van der Waals surface area (Å²) in [5.74, 6) is 0.792. The third-order valence-electron chi connectivity index (χ3n) is 3.00. The van der Waals surface area contributed by atoms with E-state index in [4.69, 9.17) is 0 Å². The number of sulfonamides is 1. The van der Waals surface area contributed by atoms with Gasteiger partial charge in [0.05, 0.1) is 11.6 Å². The molecule has 0 aromatic heterocycles. The summed E-state index contributed by atoms with van der Waals surface area (Å²) in [5, 5.41) is 1.83. The van der Waals surface area contributed by atoms with Crippen LogP contribution in [-0.4, -0.2) is 48.9 Å². The fourth-order valence-corrected chi connectivity index (χ4v) is 4.41. The Hall–Kier alpha value is -0.200. The summed E-state index contributed by atoms with van der Waals surface area (Å²) >= 11 is 1.52. The molecular weight excluding hydrogens is 244 g/mol. The molecule has 92 valence electrons. The second-order valence-electron chi connectivity index (χ2n) is 4.19. The molecule has 1 saturated heterocycles. The molecule has 0 saturated carbocycles. The lowest BCUT2D eigenvalue weighted by Crippen LogP contribution is -2.37. The Balaban J connectivity index is 1.81. The molecule has 2 rings (SSSR count). The quantitative estimate of drug-likeness (QED) is 0.765. The van der Waals surface area contributed by atoms with Crippen LogP contribution in [0.15, 0.2) is 11.6 Å². The Morgan fingerprint density at radius 2 is 1.94 bits per heavy atom. The number of piperidine rings is 1. The Kier molecular flexibility index (Phi) is 4.16. The van der Waals surface area contributed by atoms with E-state index in [2.05, 4.69) is 4.90 Å². The monoisotopic (exact) mass is 262 g/mol. The van der Waals surface area contributed by atoms with Crippen molar-refractivity contribution in [3.63, 3.8) is 0 Å². The highest BCUT2D eigenvalue weighted by Gasteiger charge is 2.22. The van der Waals surface area contributed by atoms with Crippen LogP contribution in [0.1, 0.15) is 19.3 Å². The van der Waals surface area contributed by atoms with Crippen LogP contribution in [-0.2, 0) is 10.0 Å². The van der Waals surface area contributed by atoms with Gasteiger partial charge < -0.3 is 4.90 Å². The Bertz CT molecular complexity index is 348. The van der Waals surface area contributed by atoms with Crippen molar-refractivity contribution in [3.8, 4) is 0 Å². The molecule has 1 fully saturated rings. The van der Waals surface area contributed by atoms with Gasteiger partial charge >= 0.3 is 0 Å². The van der Waals surface area contributed by atoms with E-state index >= 15 is 0 Å². The van der Waals surface area contributed by atoms with E-state index in [9.17, 15) is 8.42 Å². The fourth-order valence-electron chi connectivity index (χ4n) is 1.99. The van der Waals surface area contributed by atoms with E-state index in [1.54, 1.807) is 6.20 Å². The van der Waals surface area contributed by atoms with Crippen molar-refractivity contribution in [1.82, 2.24) is 9.21 Å². The molecular formula is C10H18N2O2S2. The Morgan fingerprint density at radius 3 is 2.56 bits per heavy atom. The topological polar surface area (TPSA) is 40.6 Å². The van der Waals surface area contributed by atoms with E-state index in [1.165, 1.54) is 35.3 Å². The maximum atomic E-state index is 11.9. The zero-order valence-electron chi connectivity index (χ0n) is 9.34. The van der Waals surface area contributed by atoms with Crippen LogP contribution in [0.2, 0.25) is 0 Å².